The highest BCUT2D eigenvalue weighted by Crippen LogP contribution is 2.28. The molecule has 19 heavy (non-hydrogen) atoms. The molecule has 2 rings (SSSR count). The minimum absolute atomic E-state index is 0.275. The molecular weight excluding hydrogens is 244 g/mol. The lowest BCUT2D eigenvalue weighted by Gasteiger charge is -2.10. The summed E-state index contributed by atoms with van der Waals surface area (Å²) in [5, 5.41) is 15.7. The minimum atomic E-state index is -0.387. The van der Waals surface area contributed by atoms with Crippen molar-refractivity contribution in [2.45, 2.75) is 0 Å². The number of hydrogen-bond acceptors (Lipinski definition) is 4. The van der Waals surface area contributed by atoms with Gasteiger partial charge in [-0.3, -0.25) is 9.48 Å². The van der Waals surface area contributed by atoms with Crippen LogP contribution in [0.3, 0.4) is 0 Å². The molecule has 0 spiro atoms. The molecule has 1 amide bonds. The van der Waals surface area contributed by atoms with Gasteiger partial charge in [-0.25, -0.2) is 0 Å². The van der Waals surface area contributed by atoms with Crippen molar-refractivity contribution in [3.63, 3.8) is 0 Å². The van der Waals surface area contributed by atoms with Crippen molar-refractivity contribution in [1.29, 1.82) is 5.26 Å². The van der Waals surface area contributed by atoms with Gasteiger partial charge in [0.15, 0.2) is 5.69 Å². The van der Waals surface area contributed by atoms with Crippen LogP contribution in [-0.2, 0) is 7.05 Å². The number of aryl methyl sites for hydroxylation is 1. The molecule has 1 aromatic heterocycles. The van der Waals surface area contributed by atoms with Crippen LogP contribution < -0.4 is 10.1 Å². The van der Waals surface area contributed by atoms with Crippen molar-refractivity contribution in [2.75, 3.05) is 12.4 Å². The number of benzene rings is 1. The van der Waals surface area contributed by atoms with Gasteiger partial charge in [0.2, 0.25) is 0 Å². The first-order chi connectivity index (χ1) is 9.15. The van der Waals surface area contributed by atoms with Crippen LogP contribution in [0, 0.1) is 11.3 Å². The largest absolute Gasteiger partial charge is 0.495 e. The van der Waals surface area contributed by atoms with Crippen LogP contribution in [0.25, 0.3) is 0 Å². The van der Waals surface area contributed by atoms with Gasteiger partial charge in [-0.2, -0.15) is 10.4 Å². The fourth-order valence-electron chi connectivity index (χ4n) is 1.64. The second-order valence-electron chi connectivity index (χ2n) is 3.82. The SMILES string of the molecule is COc1cccc(C#N)c1NC(=O)c1ccn(C)n1. The van der Waals surface area contributed by atoms with E-state index in [9.17, 15) is 4.79 Å². The number of amides is 1. The predicted octanol–water partition coefficient (Wildman–Crippen LogP) is 1.55. The van der Waals surface area contributed by atoms with Crippen LogP contribution >= 0.6 is 0 Å². The Balaban J connectivity index is 2.33. The van der Waals surface area contributed by atoms with Crippen molar-refractivity contribution in [3.8, 4) is 11.8 Å². The van der Waals surface area contributed by atoms with Crippen molar-refractivity contribution < 1.29 is 9.53 Å². The molecule has 0 fully saturated rings. The highest BCUT2D eigenvalue weighted by Gasteiger charge is 2.15. The molecule has 1 N–H and O–H groups in total. The van der Waals surface area contributed by atoms with E-state index in [1.165, 1.54) is 11.8 Å². The van der Waals surface area contributed by atoms with Crippen molar-refractivity contribution in [2.24, 2.45) is 7.05 Å². The molecule has 1 heterocycles. The third-order valence-corrected chi connectivity index (χ3v) is 2.55. The van der Waals surface area contributed by atoms with Crippen LogP contribution in [0.4, 0.5) is 5.69 Å². The summed E-state index contributed by atoms with van der Waals surface area (Å²) in [5.74, 6) is 0.0462. The van der Waals surface area contributed by atoms with Crippen LogP contribution in [-0.4, -0.2) is 22.8 Å². The molecule has 2 aromatic rings. The quantitative estimate of drug-likeness (QED) is 0.903. The minimum Gasteiger partial charge on any atom is -0.495 e. The number of ether oxygens (including phenoxy) is 1. The lowest BCUT2D eigenvalue weighted by Crippen LogP contribution is -2.14. The number of para-hydroxylation sites is 1. The van der Waals surface area contributed by atoms with E-state index in [1.807, 2.05) is 6.07 Å². The monoisotopic (exact) mass is 256 g/mol. The standard InChI is InChI=1S/C13H12N4O2/c1-17-7-6-10(16-17)13(18)15-12-9(8-14)4-3-5-11(12)19-2/h3-7H,1-2H3,(H,15,18). The molecule has 0 bridgehead atoms. The average Bonchev–Trinajstić information content (AvgIpc) is 2.85. The number of aromatic nitrogens is 2. The number of carbonyl (C=O) groups excluding carboxylic acids is 1. The number of nitrogens with zero attached hydrogens (tertiary/aromatic N) is 3. The molecular formula is C13H12N4O2. The molecule has 0 atom stereocenters. The van der Waals surface area contributed by atoms with Gasteiger partial charge in [-0.05, 0) is 18.2 Å². The maximum atomic E-state index is 12.0. The highest BCUT2D eigenvalue weighted by atomic mass is 16.5. The summed E-state index contributed by atoms with van der Waals surface area (Å²) in [6.45, 7) is 0. The van der Waals surface area contributed by atoms with Crippen molar-refractivity contribution in [3.05, 3.63) is 41.7 Å². The Hall–Kier alpha value is -2.81. The lowest BCUT2D eigenvalue weighted by molar-refractivity contribution is 0.102. The molecule has 6 nitrogen and oxygen atoms in total. The van der Waals surface area contributed by atoms with E-state index in [2.05, 4.69) is 10.4 Å². The van der Waals surface area contributed by atoms with Gasteiger partial charge >= 0.3 is 0 Å². The van der Waals surface area contributed by atoms with Gasteiger partial charge in [0, 0.05) is 13.2 Å². The zero-order valence-electron chi connectivity index (χ0n) is 10.5. The number of carbonyl (C=O) groups is 1. The smallest absolute Gasteiger partial charge is 0.276 e. The number of nitriles is 1. The third-order valence-electron chi connectivity index (χ3n) is 2.55. The van der Waals surface area contributed by atoms with Crippen LogP contribution in [0.15, 0.2) is 30.5 Å². The summed E-state index contributed by atoms with van der Waals surface area (Å²) >= 11 is 0. The third kappa shape index (κ3) is 2.55. The van der Waals surface area contributed by atoms with E-state index in [-0.39, 0.29) is 11.6 Å². The Bertz CT molecular complexity index is 655. The first kappa shape index (κ1) is 12.6. The molecule has 1 aromatic carbocycles. The van der Waals surface area contributed by atoms with E-state index in [0.717, 1.165) is 0 Å². The van der Waals surface area contributed by atoms with Crippen LogP contribution in [0.5, 0.6) is 5.75 Å². The van der Waals surface area contributed by atoms with Gasteiger partial charge in [-0.1, -0.05) is 6.07 Å². The van der Waals surface area contributed by atoms with E-state index in [1.54, 1.807) is 37.5 Å². The first-order valence-electron chi connectivity index (χ1n) is 5.54. The fourth-order valence-corrected chi connectivity index (χ4v) is 1.64. The summed E-state index contributed by atoms with van der Waals surface area (Å²) in [6.07, 6.45) is 1.67. The summed E-state index contributed by atoms with van der Waals surface area (Å²) < 4.78 is 6.67. The Labute approximate surface area is 110 Å². The van der Waals surface area contributed by atoms with Crippen LogP contribution in [0.1, 0.15) is 16.1 Å². The zero-order chi connectivity index (χ0) is 13.8. The Kier molecular flexibility index (Phi) is 3.48. The predicted molar refractivity (Wildman–Crippen MR) is 68.9 cm³/mol. The number of hydrogen-bond donors (Lipinski definition) is 1. The lowest BCUT2D eigenvalue weighted by atomic mass is 10.1. The maximum absolute atomic E-state index is 12.0. The molecule has 0 saturated heterocycles. The summed E-state index contributed by atoms with van der Waals surface area (Å²) in [5.41, 5.74) is 0.962. The summed E-state index contributed by atoms with van der Waals surface area (Å²) in [4.78, 5) is 12.0. The number of methoxy groups -OCH3 is 1. The number of rotatable bonds is 3. The van der Waals surface area contributed by atoms with Gasteiger partial charge in [0.1, 0.15) is 17.5 Å². The number of nitrogens with one attached hydrogen (secondary N) is 1. The average molecular weight is 256 g/mol. The zero-order valence-corrected chi connectivity index (χ0v) is 10.5. The summed E-state index contributed by atoms with van der Waals surface area (Å²) in [7, 11) is 3.20. The second-order valence-corrected chi connectivity index (χ2v) is 3.82. The highest BCUT2D eigenvalue weighted by molar-refractivity contribution is 6.04. The van der Waals surface area contributed by atoms with Crippen LogP contribution in [0.2, 0.25) is 0 Å². The number of anilines is 1. The van der Waals surface area contributed by atoms with Crippen molar-refractivity contribution >= 4 is 11.6 Å². The van der Waals surface area contributed by atoms with Crippen molar-refractivity contribution in [1.82, 2.24) is 9.78 Å². The molecule has 96 valence electrons. The Morgan fingerprint density at radius 2 is 2.26 bits per heavy atom. The Morgan fingerprint density at radius 3 is 2.84 bits per heavy atom. The molecule has 0 saturated carbocycles. The molecule has 0 radical (unpaired) electrons. The summed E-state index contributed by atoms with van der Waals surface area (Å²) in [6, 6.07) is 8.58. The topological polar surface area (TPSA) is 79.9 Å². The molecule has 0 aliphatic rings. The van der Waals surface area contributed by atoms with Gasteiger partial charge in [0.05, 0.1) is 12.7 Å². The van der Waals surface area contributed by atoms with E-state index >= 15 is 0 Å². The Morgan fingerprint density at radius 1 is 1.47 bits per heavy atom. The van der Waals surface area contributed by atoms with Gasteiger partial charge in [0.25, 0.3) is 5.91 Å². The van der Waals surface area contributed by atoms with E-state index in [4.69, 9.17) is 10.00 Å². The fraction of sp³-hybridized carbons (Fsp3) is 0.154. The van der Waals surface area contributed by atoms with Gasteiger partial charge < -0.3 is 10.1 Å². The van der Waals surface area contributed by atoms with Gasteiger partial charge in [-0.15, -0.1) is 0 Å². The normalized spacial score (nSPS) is 9.74. The first-order valence-corrected chi connectivity index (χ1v) is 5.54. The van der Waals surface area contributed by atoms with E-state index in [0.29, 0.717) is 17.0 Å². The second kappa shape index (κ2) is 5.23. The van der Waals surface area contributed by atoms with E-state index < -0.39 is 0 Å². The molecule has 0 aliphatic heterocycles. The maximum Gasteiger partial charge on any atom is 0.276 e. The molecule has 0 aliphatic carbocycles. The molecule has 6 heteroatoms. The molecule has 0 unspecified atom stereocenters.